The predicted molar refractivity (Wildman–Crippen MR) is 57.5 cm³/mol. The summed E-state index contributed by atoms with van der Waals surface area (Å²) in [5.41, 5.74) is 0. The Kier molecular flexibility index (Phi) is 4.72. The minimum atomic E-state index is -3.36. The number of nitriles is 1. The molecule has 1 aliphatic rings. The molecular formula is C8H14N2O2S2. The lowest BCUT2D eigenvalue weighted by Crippen LogP contribution is -2.33. The Morgan fingerprint density at radius 1 is 1.50 bits per heavy atom. The molecule has 14 heavy (non-hydrogen) atoms. The second kappa shape index (κ2) is 5.59. The minimum Gasteiger partial charge on any atom is -0.213 e. The Hall–Kier alpha value is -0.250. The van der Waals surface area contributed by atoms with Crippen LogP contribution in [0.2, 0.25) is 0 Å². The lowest BCUT2D eigenvalue weighted by atomic mass is 10.2. The molecular weight excluding hydrogens is 220 g/mol. The molecule has 4 nitrogen and oxygen atoms in total. The van der Waals surface area contributed by atoms with Gasteiger partial charge in [0.25, 0.3) is 0 Å². The van der Waals surface area contributed by atoms with Gasteiger partial charge in [-0.05, 0) is 18.6 Å². The van der Waals surface area contributed by atoms with E-state index in [0.717, 1.165) is 12.2 Å². The molecule has 1 atom stereocenters. The second-order valence-corrected chi connectivity index (χ2v) is 6.47. The fourth-order valence-electron chi connectivity index (χ4n) is 1.32. The molecule has 6 heteroatoms. The number of hydrogen-bond acceptors (Lipinski definition) is 4. The normalized spacial score (nSPS) is 22.9. The highest BCUT2D eigenvalue weighted by Crippen LogP contribution is 2.24. The molecule has 0 aromatic rings. The largest absolute Gasteiger partial charge is 0.225 e. The van der Waals surface area contributed by atoms with Gasteiger partial charge in [0.2, 0.25) is 10.0 Å². The molecule has 1 rings (SSSR count). The quantitative estimate of drug-likeness (QED) is 0.778. The van der Waals surface area contributed by atoms with E-state index in [-0.39, 0.29) is 0 Å². The van der Waals surface area contributed by atoms with Crippen LogP contribution >= 0.6 is 11.8 Å². The van der Waals surface area contributed by atoms with Gasteiger partial charge in [0.1, 0.15) is 0 Å². The Bertz CT molecular complexity index is 302. The maximum absolute atomic E-state index is 11.1. The van der Waals surface area contributed by atoms with E-state index in [1.54, 1.807) is 6.07 Å². The van der Waals surface area contributed by atoms with E-state index in [4.69, 9.17) is 5.26 Å². The Labute approximate surface area is 89.1 Å². The van der Waals surface area contributed by atoms with Crippen LogP contribution in [0.4, 0.5) is 0 Å². The first kappa shape index (κ1) is 11.8. The molecule has 1 heterocycles. The SMILES string of the molecule is N#CCS(=O)(=O)NCC1CCCCS1. The van der Waals surface area contributed by atoms with Gasteiger partial charge < -0.3 is 0 Å². The minimum absolute atomic E-state index is 0.386. The highest BCUT2D eigenvalue weighted by molar-refractivity contribution is 8.00. The summed E-state index contributed by atoms with van der Waals surface area (Å²) in [6.07, 6.45) is 3.48. The Morgan fingerprint density at radius 2 is 2.29 bits per heavy atom. The van der Waals surface area contributed by atoms with Crippen LogP contribution in [0.1, 0.15) is 19.3 Å². The van der Waals surface area contributed by atoms with Crippen LogP contribution in [-0.2, 0) is 10.0 Å². The van der Waals surface area contributed by atoms with E-state index in [9.17, 15) is 8.42 Å². The lowest BCUT2D eigenvalue weighted by Gasteiger charge is -2.20. The van der Waals surface area contributed by atoms with E-state index in [0.29, 0.717) is 11.8 Å². The van der Waals surface area contributed by atoms with Crippen LogP contribution in [0.25, 0.3) is 0 Å². The van der Waals surface area contributed by atoms with Gasteiger partial charge in [-0.1, -0.05) is 6.42 Å². The van der Waals surface area contributed by atoms with E-state index < -0.39 is 15.8 Å². The maximum atomic E-state index is 11.1. The van der Waals surface area contributed by atoms with Crippen molar-refractivity contribution in [1.82, 2.24) is 4.72 Å². The topological polar surface area (TPSA) is 70.0 Å². The predicted octanol–water partition coefficient (Wildman–Crippen LogP) is 0.715. The number of nitrogens with zero attached hydrogens (tertiary/aromatic N) is 1. The van der Waals surface area contributed by atoms with E-state index in [1.165, 1.54) is 12.8 Å². The fraction of sp³-hybridized carbons (Fsp3) is 0.875. The van der Waals surface area contributed by atoms with Crippen molar-refractivity contribution in [3.05, 3.63) is 0 Å². The van der Waals surface area contributed by atoms with Crippen molar-refractivity contribution < 1.29 is 8.42 Å². The summed E-state index contributed by atoms with van der Waals surface area (Å²) >= 11 is 1.81. The van der Waals surface area contributed by atoms with Gasteiger partial charge in [-0.15, -0.1) is 0 Å². The van der Waals surface area contributed by atoms with E-state index in [1.807, 2.05) is 11.8 Å². The van der Waals surface area contributed by atoms with Gasteiger partial charge in [-0.25, -0.2) is 13.1 Å². The van der Waals surface area contributed by atoms with Crippen molar-refractivity contribution >= 4 is 21.8 Å². The molecule has 0 aliphatic carbocycles. The highest BCUT2D eigenvalue weighted by atomic mass is 32.2. The summed E-state index contributed by atoms with van der Waals surface area (Å²) in [6, 6.07) is 1.64. The van der Waals surface area contributed by atoms with Gasteiger partial charge in [-0.3, -0.25) is 0 Å². The van der Waals surface area contributed by atoms with Gasteiger partial charge in [0.05, 0.1) is 6.07 Å². The summed E-state index contributed by atoms with van der Waals surface area (Å²) in [6.45, 7) is 0.467. The Balaban J connectivity index is 2.29. The molecule has 0 aromatic heterocycles. The first-order valence-corrected chi connectivity index (χ1v) is 7.30. The molecule has 1 unspecified atom stereocenters. The van der Waals surface area contributed by atoms with Crippen molar-refractivity contribution in [3.8, 4) is 6.07 Å². The number of thioether (sulfide) groups is 1. The summed E-state index contributed by atoms with van der Waals surface area (Å²) in [7, 11) is -3.36. The smallest absolute Gasteiger partial charge is 0.213 e. The molecule has 0 bridgehead atoms. The van der Waals surface area contributed by atoms with Crippen LogP contribution in [-0.4, -0.2) is 31.7 Å². The maximum Gasteiger partial charge on any atom is 0.225 e. The molecule has 0 aromatic carbocycles. The second-order valence-electron chi connectivity index (χ2n) is 3.25. The molecule has 1 saturated heterocycles. The average molecular weight is 234 g/mol. The molecule has 0 radical (unpaired) electrons. The van der Waals surface area contributed by atoms with Gasteiger partial charge in [-0.2, -0.15) is 17.0 Å². The molecule has 80 valence electrons. The standard InChI is InChI=1S/C8H14N2O2S2/c9-4-6-14(11,12)10-7-8-3-1-2-5-13-8/h8,10H,1-3,5-7H2. The van der Waals surface area contributed by atoms with Crippen LogP contribution < -0.4 is 4.72 Å². The first-order valence-electron chi connectivity index (χ1n) is 4.60. The van der Waals surface area contributed by atoms with Crippen LogP contribution in [0.15, 0.2) is 0 Å². The zero-order chi connectivity index (χ0) is 10.4. The summed E-state index contributed by atoms with van der Waals surface area (Å²) < 4.78 is 24.7. The zero-order valence-corrected chi connectivity index (χ0v) is 9.53. The van der Waals surface area contributed by atoms with Gasteiger partial charge in [0.15, 0.2) is 5.75 Å². The Morgan fingerprint density at radius 3 is 2.86 bits per heavy atom. The first-order chi connectivity index (χ1) is 6.64. The molecule has 1 fully saturated rings. The summed E-state index contributed by atoms with van der Waals surface area (Å²) in [5.74, 6) is 0.676. The van der Waals surface area contributed by atoms with E-state index >= 15 is 0 Å². The number of hydrogen-bond donors (Lipinski definition) is 1. The molecule has 1 N–H and O–H groups in total. The summed E-state index contributed by atoms with van der Waals surface area (Å²) in [5, 5.41) is 8.65. The third-order valence-corrected chi connectivity index (χ3v) is 4.57. The van der Waals surface area contributed by atoms with Crippen molar-refractivity contribution in [2.24, 2.45) is 0 Å². The average Bonchev–Trinajstić information content (AvgIpc) is 2.17. The molecule has 0 amide bonds. The summed E-state index contributed by atoms with van der Waals surface area (Å²) in [4.78, 5) is 0. The highest BCUT2D eigenvalue weighted by Gasteiger charge is 2.17. The fourth-order valence-corrected chi connectivity index (χ4v) is 3.40. The third-order valence-electron chi connectivity index (χ3n) is 2.06. The van der Waals surface area contributed by atoms with Crippen LogP contribution in [0.5, 0.6) is 0 Å². The monoisotopic (exact) mass is 234 g/mol. The van der Waals surface area contributed by atoms with E-state index in [2.05, 4.69) is 4.72 Å². The number of rotatable bonds is 4. The molecule has 1 aliphatic heterocycles. The lowest BCUT2D eigenvalue weighted by molar-refractivity contribution is 0.577. The van der Waals surface area contributed by atoms with Crippen molar-refractivity contribution in [2.45, 2.75) is 24.5 Å². The van der Waals surface area contributed by atoms with Crippen molar-refractivity contribution in [1.29, 1.82) is 5.26 Å². The van der Waals surface area contributed by atoms with Gasteiger partial charge in [0, 0.05) is 11.8 Å². The van der Waals surface area contributed by atoms with Crippen molar-refractivity contribution in [2.75, 3.05) is 18.1 Å². The molecule has 0 spiro atoms. The van der Waals surface area contributed by atoms with Crippen molar-refractivity contribution in [3.63, 3.8) is 0 Å². The zero-order valence-electron chi connectivity index (χ0n) is 7.90. The third kappa shape index (κ3) is 4.31. The number of sulfonamides is 1. The molecule has 0 saturated carbocycles. The van der Waals surface area contributed by atoms with Crippen LogP contribution in [0.3, 0.4) is 0 Å². The van der Waals surface area contributed by atoms with Crippen LogP contribution in [0, 0.1) is 11.3 Å². The van der Waals surface area contributed by atoms with Gasteiger partial charge >= 0.3 is 0 Å². The number of nitrogens with one attached hydrogen (secondary N) is 1.